The van der Waals surface area contributed by atoms with E-state index in [2.05, 4.69) is 5.32 Å². The Labute approximate surface area is 134 Å². The number of nitrogens with zero attached hydrogens (tertiary/aromatic N) is 1. The predicted molar refractivity (Wildman–Crippen MR) is 82.2 cm³/mol. The molecule has 1 N–H and O–H groups in total. The molecule has 1 amide bonds. The fourth-order valence-corrected chi connectivity index (χ4v) is 4.42. The number of hydrogen-bond acceptors (Lipinski definition) is 6. The number of sulfone groups is 1. The highest BCUT2D eigenvalue weighted by Gasteiger charge is 2.28. The zero-order valence-electron chi connectivity index (χ0n) is 11.1. The lowest BCUT2D eigenvalue weighted by Crippen LogP contribution is -2.09. The number of thiophene rings is 1. The molecule has 0 fully saturated rings. The smallest absolute Gasteiger partial charge is 0.317 e. The van der Waals surface area contributed by atoms with Gasteiger partial charge < -0.3 is 5.32 Å². The van der Waals surface area contributed by atoms with E-state index in [1.54, 1.807) is 0 Å². The average Bonchev–Trinajstić information content (AvgIpc) is 2.83. The molecule has 10 heteroatoms. The third-order valence-corrected chi connectivity index (χ3v) is 5.75. The minimum absolute atomic E-state index is 0.0730. The van der Waals surface area contributed by atoms with Gasteiger partial charge in [-0.1, -0.05) is 11.6 Å². The van der Waals surface area contributed by atoms with E-state index in [4.69, 9.17) is 11.6 Å². The Morgan fingerprint density at radius 3 is 2.41 bits per heavy atom. The molecule has 7 nitrogen and oxygen atoms in total. The van der Waals surface area contributed by atoms with E-state index >= 15 is 0 Å². The lowest BCUT2D eigenvalue weighted by atomic mass is 10.4. The Kier molecular flexibility index (Phi) is 4.50. The topological polar surface area (TPSA) is 106 Å². The molecule has 0 atom stereocenters. The number of rotatable bonds is 4. The monoisotopic (exact) mass is 360 g/mol. The normalized spacial score (nSPS) is 11.2. The molecule has 0 spiro atoms. The fourth-order valence-electron chi connectivity index (χ4n) is 1.64. The Balaban J connectivity index is 2.60. The SMILES string of the molecule is CC(=O)Nc1sc([N+](=O)[O-])cc1S(=O)(=O)c1ccc(Cl)cc1. The molecule has 0 saturated heterocycles. The van der Waals surface area contributed by atoms with Crippen molar-refractivity contribution in [2.24, 2.45) is 0 Å². The highest BCUT2D eigenvalue weighted by Crippen LogP contribution is 2.39. The number of carbonyl (C=O) groups is 1. The molecular formula is C12H9ClN2O5S2. The summed E-state index contributed by atoms with van der Waals surface area (Å²) < 4.78 is 25.1. The molecular weight excluding hydrogens is 352 g/mol. The van der Waals surface area contributed by atoms with Crippen molar-refractivity contribution in [3.63, 3.8) is 0 Å². The van der Waals surface area contributed by atoms with Gasteiger partial charge in [0.25, 0.3) is 0 Å². The first-order valence-electron chi connectivity index (χ1n) is 5.78. The van der Waals surface area contributed by atoms with Crippen LogP contribution in [0.3, 0.4) is 0 Å². The van der Waals surface area contributed by atoms with Gasteiger partial charge >= 0.3 is 5.00 Å². The second-order valence-corrected chi connectivity index (χ2v) is 7.56. The Morgan fingerprint density at radius 2 is 1.91 bits per heavy atom. The second kappa shape index (κ2) is 6.03. The summed E-state index contributed by atoms with van der Waals surface area (Å²) >= 11 is 6.30. The zero-order chi connectivity index (χ0) is 16.5. The van der Waals surface area contributed by atoms with Crippen molar-refractivity contribution in [2.75, 3.05) is 5.32 Å². The van der Waals surface area contributed by atoms with Crippen LogP contribution in [0.15, 0.2) is 40.1 Å². The van der Waals surface area contributed by atoms with Gasteiger partial charge in [0.15, 0.2) is 0 Å². The van der Waals surface area contributed by atoms with E-state index in [1.807, 2.05) is 0 Å². The molecule has 0 saturated carbocycles. The first kappa shape index (κ1) is 16.4. The number of carbonyl (C=O) groups excluding carboxylic acids is 1. The lowest BCUT2D eigenvalue weighted by molar-refractivity contribution is -0.380. The number of benzene rings is 1. The van der Waals surface area contributed by atoms with Crippen molar-refractivity contribution in [1.82, 2.24) is 0 Å². The Bertz CT molecular complexity index is 843. The number of amides is 1. The van der Waals surface area contributed by atoms with Crippen LogP contribution in [0.5, 0.6) is 0 Å². The standard InChI is InChI=1S/C12H9ClN2O5S2/c1-7(16)14-12-10(6-11(21-12)15(17)18)22(19,20)9-4-2-8(13)3-5-9/h2-6H,1H3,(H,14,16). The molecule has 1 aromatic carbocycles. The van der Waals surface area contributed by atoms with E-state index in [1.165, 1.54) is 31.2 Å². The zero-order valence-corrected chi connectivity index (χ0v) is 13.5. The van der Waals surface area contributed by atoms with Crippen LogP contribution in [-0.4, -0.2) is 19.2 Å². The number of hydrogen-bond donors (Lipinski definition) is 1. The van der Waals surface area contributed by atoms with Crippen LogP contribution in [0.2, 0.25) is 5.02 Å². The third kappa shape index (κ3) is 3.26. The van der Waals surface area contributed by atoms with Crippen LogP contribution in [0.25, 0.3) is 0 Å². The van der Waals surface area contributed by atoms with Crippen LogP contribution >= 0.6 is 22.9 Å². The van der Waals surface area contributed by atoms with Gasteiger partial charge in [0.1, 0.15) is 9.90 Å². The summed E-state index contributed by atoms with van der Waals surface area (Å²) in [6, 6.07) is 6.30. The van der Waals surface area contributed by atoms with E-state index in [0.29, 0.717) is 16.4 Å². The lowest BCUT2D eigenvalue weighted by Gasteiger charge is -2.05. The molecule has 0 aliphatic rings. The molecule has 0 radical (unpaired) electrons. The van der Waals surface area contributed by atoms with Crippen molar-refractivity contribution >= 4 is 48.7 Å². The number of nitrogens with one attached hydrogen (secondary N) is 1. The Morgan fingerprint density at radius 1 is 1.32 bits per heavy atom. The van der Waals surface area contributed by atoms with Crippen molar-refractivity contribution < 1.29 is 18.1 Å². The van der Waals surface area contributed by atoms with E-state index in [0.717, 1.165) is 6.07 Å². The fraction of sp³-hybridized carbons (Fsp3) is 0.0833. The molecule has 2 rings (SSSR count). The van der Waals surface area contributed by atoms with Crippen LogP contribution in [-0.2, 0) is 14.6 Å². The van der Waals surface area contributed by atoms with Crippen molar-refractivity contribution in [1.29, 1.82) is 0 Å². The molecule has 0 bridgehead atoms. The summed E-state index contributed by atoms with van der Waals surface area (Å²) in [7, 11) is -4.01. The van der Waals surface area contributed by atoms with Gasteiger partial charge in [-0.25, -0.2) is 8.42 Å². The maximum atomic E-state index is 12.6. The second-order valence-electron chi connectivity index (χ2n) is 4.17. The summed E-state index contributed by atoms with van der Waals surface area (Å²) in [4.78, 5) is 20.9. The van der Waals surface area contributed by atoms with Crippen LogP contribution in [0.1, 0.15) is 6.92 Å². The summed E-state index contributed by atoms with van der Waals surface area (Å²) in [6.07, 6.45) is 0. The quantitative estimate of drug-likeness (QED) is 0.666. The number of anilines is 1. The summed E-state index contributed by atoms with van der Waals surface area (Å²) in [5.41, 5.74) is 0. The minimum Gasteiger partial charge on any atom is -0.317 e. The first-order chi connectivity index (χ1) is 10.2. The predicted octanol–water partition coefficient (Wildman–Crippen LogP) is 3.10. The van der Waals surface area contributed by atoms with E-state index in [-0.39, 0.29) is 19.8 Å². The molecule has 116 valence electrons. The Hall–Kier alpha value is -1.97. The highest BCUT2D eigenvalue weighted by molar-refractivity contribution is 7.91. The van der Waals surface area contributed by atoms with Gasteiger partial charge in [0.2, 0.25) is 15.7 Å². The largest absolute Gasteiger partial charge is 0.327 e. The average molecular weight is 361 g/mol. The van der Waals surface area contributed by atoms with Gasteiger partial charge in [-0.2, -0.15) is 0 Å². The molecule has 2 aromatic rings. The highest BCUT2D eigenvalue weighted by atomic mass is 35.5. The third-order valence-electron chi connectivity index (χ3n) is 2.57. The minimum atomic E-state index is -4.01. The van der Waals surface area contributed by atoms with E-state index in [9.17, 15) is 23.3 Å². The van der Waals surface area contributed by atoms with Crippen molar-refractivity contribution in [2.45, 2.75) is 16.7 Å². The van der Waals surface area contributed by atoms with Gasteiger partial charge in [0.05, 0.1) is 9.82 Å². The van der Waals surface area contributed by atoms with Crippen molar-refractivity contribution in [3.05, 3.63) is 45.5 Å². The first-order valence-corrected chi connectivity index (χ1v) is 8.46. The number of halogens is 1. The summed E-state index contributed by atoms with van der Waals surface area (Å²) in [6.45, 7) is 1.18. The van der Waals surface area contributed by atoms with Gasteiger partial charge in [-0.15, -0.1) is 0 Å². The molecule has 0 unspecified atom stereocenters. The molecule has 1 heterocycles. The summed E-state index contributed by atoms with van der Waals surface area (Å²) in [5.74, 6) is -0.524. The maximum Gasteiger partial charge on any atom is 0.327 e. The maximum absolute atomic E-state index is 12.6. The molecule has 22 heavy (non-hydrogen) atoms. The van der Waals surface area contributed by atoms with E-state index < -0.39 is 20.7 Å². The molecule has 0 aliphatic heterocycles. The van der Waals surface area contributed by atoms with Gasteiger partial charge in [-0.3, -0.25) is 14.9 Å². The van der Waals surface area contributed by atoms with Gasteiger partial charge in [0, 0.05) is 18.0 Å². The van der Waals surface area contributed by atoms with Crippen LogP contribution < -0.4 is 5.32 Å². The molecule has 1 aromatic heterocycles. The number of nitro groups is 1. The van der Waals surface area contributed by atoms with Crippen LogP contribution in [0, 0.1) is 10.1 Å². The summed E-state index contributed by atoms with van der Waals surface area (Å²) in [5, 5.41) is 13.0. The van der Waals surface area contributed by atoms with Crippen molar-refractivity contribution in [3.8, 4) is 0 Å². The molecule has 0 aliphatic carbocycles. The van der Waals surface area contributed by atoms with Gasteiger partial charge in [-0.05, 0) is 35.6 Å². The van der Waals surface area contributed by atoms with Crippen LogP contribution in [0.4, 0.5) is 10.0 Å².